The number of aliphatic imine (C=N–C) groups is 1. The summed E-state index contributed by atoms with van der Waals surface area (Å²) >= 11 is 0. The monoisotopic (exact) mass is 559 g/mol. The lowest BCUT2D eigenvalue weighted by Crippen LogP contribution is -2.55. The SMILES string of the molecule is CN(C(=O)CC[C@@H](C(=O)N(C)C1CCCCC1)N1Cc2cc(Oc3ccccc3)ccc2N=C1N)C1CCCCC1. The largest absolute Gasteiger partial charge is 0.457 e. The summed E-state index contributed by atoms with van der Waals surface area (Å²) < 4.78 is 6.07. The van der Waals surface area contributed by atoms with Crippen molar-refractivity contribution in [2.45, 2.75) is 102 Å². The summed E-state index contributed by atoms with van der Waals surface area (Å²) in [6.45, 7) is 0.429. The van der Waals surface area contributed by atoms with E-state index in [1.54, 1.807) is 0 Å². The fourth-order valence-electron chi connectivity index (χ4n) is 6.61. The van der Waals surface area contributed by atoms with Crippen LogP contribution in [-0.2, 0) is 16.1 Å². The third-order valence-electron chi connectivity index (χ3n) is 9.18. The molecule has 41 heavy (non-hydrogen) atoms. The molecule has 2 amide bonds. The van der Waals surface area contributed by atoms with Crippen molar-refractivity contribution >= 4 is 23.5 Å². The molecule has 5 rings (SSSR count). The average molecular weight is 560 g/mol. The van der Waals surface area contributed by atoms with E-state index < -0.39 is 6.04 Å². The number of nitrogens with zero attached hydrogens (tertiary/aromatic N) is 4. The Bertz CT molecular complexity index is 1220. The highest BCUT2D eigenvalue weighted by molar-refractivity contribution is 5.91. The second-order valence-corrected chi connectivity index (χ2v) is 11.9. The van der Waals surface area contributed by atoms with Crippen molar-refractivity contribution in [3.8, 4) is 11.5 Å². The molecule has 2 saturated carbocycles. The average Bonchev–Trinajstić information content (AvgIpc) is 3.01. The van der Waals surface area contributed by atoms with Gasteiger partial charge in [0.15, 0.2) is 5.96 Å². The fraction of sp³-hybridized carbons (Fsp3) is 0.545. The van der Waals surface area contributed by atoms with E-state index in [0.29, 0.717) is 37.1 Å². The molecule has 0 radical (unpaired) electrons. The number of guanidine groups is 1. The van der Waals surface area contributed by atoms with E-state index in [9.17, 15) is 9.59 Å². The first-order chi connectivity index (χ1) is 19.9. The quantitative estimate of drug-likeness (QED) is 0.409. The van der Waals surface area contributed by atoms with Gasteiger partial charge in [-0.05, 0) is 62.4 Å². The lowest BCUT2D eigenvalue weighted by molar-refractivity contribution is -0.138. The molecule has 8 heteroatoms. The number of hydrogen-bond acceptors (Lipinski definition) is 6. The van der Waals surface area contributed by atoms with E-state index in [2.05, 4.69) is 4.99 Å². The predicted molar refractivity (Wildman–Crippen MR) is 162 cm³/mol. The Balaban J connectivity index is 1.35. The predicted octanol–water partition coefficient (Wildman–Crippen LogP) is 5.97. The molecular formula is C33H45N5O3. The highest BCUT2D eigenvalue weighted by atomic mass is 16.5. The minimum atomic E-state index is -0.568. The highest BCUT2D eigenvalue weighted by Gasteiger charge is 2.36. The van der Waals surface area contributed by atoms with Crippen LogP contribution in [0.15, 0.2) is 53.5 Å². The van der Waals surface area contributed by atoms with Gasteiger partial charge in [-0.2, -0.15) is 0 Å². The van der Waals surface area contributed by atoms with E-state index in [0.717, 1.165) is 55.5 Å². The summed E-state index contributed by atoms with van der Waals surface area (Å²) in [5.41, 5.74) is 8.25. The Labute approximate surface area is 244 Å². The van der Waals surface area contributed by atoms with Gasteiger partial charge in [0.25, 0.3) is 0 Å². The van der Waals surface area contributed by atoms with Crippen molar-refractivity contribution in [1.29, 1.82) is 0 Å². The summed E-state index contributed by atoms with van der Waals surface area (Å²) in [5.74, 6) is 1.89. The van der Waals surface area contributed by atoms with Crippen LogP contribution >= 0.6 is 0 Å². The number of carbonyl (C=O) groups is 2. The molecule has 0 saturated heterocycles. The van der Waals surface area contributed by atoms with Crippen molar-refractivity contribution in [2.24, 2.45) is 10.7 Å². The van der Waals surface area contributed by atoms with Gasteiger partial charge in [0.05, 0.1) is 5.69 Å². The van der Waals surface area contributed by atoms with Crippen LogP contribution in [0.5, 0.6) is 11.5 Å². The van der Waals surface area contributed by atoms with Crippen LogP contribution in [0, 0.1) is 0 Å². The summed E-state index contributed by atoms with van der Waals surface area (Å²) in [6.07, 6.45) is 12.0. The third-order valence-corrected chi connectivity index (χ3v) is 9.18. The summed E-state index contributed by atoms with van der Waals surface area (Å²) in [4.78, 5) is 37.9. The molecule has 2 fully saturated rings. The number of fused-ring (bicyclic) bond motifs is 1. The lowest BCUT2D eigenvalue weighted by Gasteiger charge is -2.39. The van der Waals surface area contributed by atoms with E-state index >= 15 is 0 Å². The number of benzene rings is 2. The molecule has 3 aliphatic rings. The fourth-order valence-corrected chi connectivity index (χ4v) is 6.61. The Kier molecular flexibility index (Phi) is 9.47. The molecule has 2 aliphatic carbocycles. The van der Waals surface area contributed by atoms with E-state index in [1.165, 1.54) is 25.7 Å². The standard InChI is InChI=1S/C33H45N5O3/c1-36(25-12-6-3-7-13-25)31(39)21-20-30(32(40)37(2)26-14-8-4-9-15-26)38-23-24-22-28(18-19-29(24)35-33(38)34)41-27-16-10-5-11-17-27/h5,10-11,16-19,22,25-26,30H,3-4,6-9,12-15,20-21,23H2,1-2H3,(H2,34,35)/t30-/m0/s1. The number of likely N-dealkylation sites (N-methyl/N-ethyl adjacent to an activating group) is 1. The first-order valence-electron chi connectivity index (χ1n) is 15.4. The summed E-state index contributed by atoms with van der Waals surface area (Å²) in [5, 5.41) is 0. The van der Waals surface area contributed by atoms with Gasteiger partial charge >= 0.3 is 0 Å². The van der Waals surface area contributed by atoms with E-state index in [1.807, 2.05) is 77.3 Å². The first-order valence-corrected chi connectivity index (χ1v) is 15.4. The Morgan fingerprint density at radius 1 is 0.902 bits per heavy atom. The summed E-state index contributed by atoms with van der Waals surface area (Å²) in [6, 6.07) is 15.4. The molecule has 220 valence electrons. The van der Waals surface area contributed by atoms with Crippen molar-refractivity contribution in [2.75, 3.05) is 14.1 Å². The molecular weight excluding hydrogens is 514 g/mol. The maximum atomic E-state index is 14.1. The molecule has 1 heterocycles. The van der Waals surface area contributed by atoms with Gasteiger partial charge in [0, 0.05) is 44.7 Å². The number of rotatable bonds is 9. The third kappa shape index (κ3) is 7.03. The van der Waals surface area contributed by atoms with Crippen LogP contribution < -0.4 is 10.5 Å². The van der Waals surface area contributed by atoms with Crippen LogP contribution in [0.4, 0.5) is 5.69 Å². The lowest BCUT2D eigenvalue weighted by atomic mass is 9.93. The normalized spacial score (nSPS) is 18.7. The molecule has 1 atom stereocenters. The van der Waals surface area contributed by atoms with Gasteiger partial charge < -0.3 is 25.2 Å². The van der Waals surface area contributed by atoms with Crippen LogP contribution in [-0.4, -0.2) is 64.7 Å². The molecule has 8 nitrogen and oxygen atoms in total. The van der Waals surface area contributed by atoms with Crippen molar-refractivity contribution in [3.63, 3.8) is 0 Å². The Morgan fingerprint density at radius 2 is 1.54 bits per heavy atom. The molecule has 0 bridgehead atoms. The molecule has 0 aromatic heterocycles. The number of nitrogens with two attached hydrogens (primary N) is 1. The Hall–Kier alpha value is -3.55. The molecule has 1 aliphatic heterocycles. The topological polar surface area (TPSA) is 91.5 Å². The molecule has 2 N–H and O–H groups in total. The van der Waals surface area contributed by atoms with E-state index in [4.69, 9.17) is 10.5 Å². The van der Waals surface area contributed by atoms with Crippen molar-refractivity contribution in [3.05, 3.63) is 54.1 Å². The highest BCUT2D eigenvalue weighted by Crippen LogP contribution is 2.33. The van der Waals surface area contributed by atoms with Gasteiger partial charge in [-0.3, -0.25) is 9.59 Å². The minimum absolute atomic E-state index is 0.0170. The van der Waals surface area contributed by atoms with Gasteiger partial charge in [-0.25, -0.2) is 4.99 Å². The van der Waals surface area contributed by atoms with Crippen molar-refractivity contribution in [1.82, 2.24) is 14.7 Å². The maximum absolute atomic E-state index is 14.1. The van der Waals surface area contributed by atoms with Crippen LogP contribution in [0.25, 0.3) is 0 Å². The zero-order valence-electron chi connectivity index (χ0n) is 24.6. The maximum Gasteiger partial charge on any atom is 0.245 e. The smallest absolute Gasteiger partial charge is 0.245 e. The number of amides is 2. The van der Waals surface area contributed by atoms with Crippen LogP contribution in [0.1, 0.15) is 82.6 Å². The van der Waals surface area contributed by atoms with Gasteiger partial charge in [-0.1, -0.05) is 56.7 Å². The van der Waals surface area contributed by atoms with Crippen LogP contribution in [0.3, 0.4) is 0 Å². The second-order valence-electron chi connectivity index (χ2n) is 11.9. The first kappa shape index (κ1) is 29.0. The molecule has 0 unspecified atom stereocenters. The van der Waals surface area contributed by atoms with Crippen molar-refractivity contribution < 1.29 is 14.3 Å². The van der Waals surface area contributed by atoms with Gasteiger partial charge in [0.1, 0.15) is 17.5 Å². The zero-order valence-corrected chi connectivity index (χ0v) is 24.6. The summed E-state index contributed by atoms with van der Waals surface area (Å²) in [7, 11) is 3.84. The molecule has 2 aromatic carbocycles. The number of hydrogen-bond donors (Lipinski definition) is 1. The molecule has 0 spiro atoms. The van der Waals surface area contributed by atoms with Gasteiger partial charge in [-0.15, -0.1) is 0 Å². The second kappa shape index (κ2) is 13.4. The molecule has 2 aromatic rings. The number of carbonyl (C=O) groups excluding carboxylic acids is 2. The zero-order chi connectivity index (χ0) is 28.8. The van der Waals surface area contributed by atoms with E-state index in [-0.39, 0.29) is 17.9 Å². The minimum Gasteiger partial charge on any atom is -0.457 e. The van der Waals surface area contributed by atoms with Crippen LogP contribution in [0.2, 0.25) is 0 Å². The van der Waals surface area contributed by atoms with Gasteiger partial charge in [0.2, 0.25) is 11.8 Å². The Morgan fingerprint density at radius 3 is 2.20 bits per heavy atom. The number of para-hydroxylation sites is 1. The number of ether oxygens (including phenoxy) is 1.